The van der Waals surface area contributed by atoms with Crippen LogP contribution in [0.4, 0.5) is 4.39 Å². The van der Waals surface area contributed by atoms with Gasteiger partial charge in [0.05, 0.1) is 11.3 Å². The maximum atomic E-state index is 13.0. The first-order valence-electron chi connectivity index (χ1n) is 9.03. The number of hydrogen-bond donors (Lipinski definition) is 1. The quantitative estimate of drug-likeness (QED) is 0.303. The van der Waals surface area contributed by atoms with Crippen molar-refractivity contribution in [2.45, 2.75) is 17.5 Å². The number of aryl methyl sites for hydroxylation is 1. The number of hydrogen-bond acceptors (Lipinski definition) is 9. The lowest BCUT2D eigenvalue weighted by Crippen LogP contribution is -2.19. The van der Waals surface area contributed by atoms with E-state index in [0.717, 1.165) is 5.52 Å². The highest BCUT2D eigenvalue weighted by Crippen LogP contribution is 2.24. The number of fused-ring (bicyclic) bond motifs is 3. The first-order chi connectivity index (χ1) is 15.0. The molecule has 0 amide bonds. The van der Waals surface area contributed by atoms with E-state index in [9.17, 15) is 9.18 Å². The van der Waals surface area contributed by atoms with Gasteiger partial charge in [-0.25, -0.2) is 9.07 Å². The third kappa shape index (κ3) is 3.41. The second kappa shape index (κ2) is 7.67. The number of rotatable bonds is 6. The minimum Gasteiger partial charge on any atom is -0.486 e. The minimum atomic E-state index is -0.339. The largest absolute Gasteiger partial charge is 0.486 e. The van der Waals surface area contributed by atoms with Crippen molar-refractivity contribution < 1.29 is 9.13 Å². The van der Waals surface area contributed by atoms with Crippen molar-refractivity contribution in [2.75, 3.05) is 5.84 Å². The summed E-state index contributed by atoms with van der Waals surface area (Å²) in [5, 5.41) is 18.9. The molecule has 0 saturated carbocycles. The predicted molar refractivity (Wildman–Crippen MR) is 114 cm³/mol. The summed E-state index contributed by atoms with van der Waals surface area (Å²) in [5.74, 6) is 8.22. The summed E-state index contributed by atoms with van der Waals surface area (Å²) in [6.07, 6.45) is 0. The Balaban J connectivity index is 1.35. The molecule has 10 nitrogen and oxygen atoms in total. The Hall–Kier alpha value is -3.45. The highest BCUT2D eigenvalue weighted by molar-refractivity contribution is 7.98. The first kappa shape index (κ1) is 19.5. The number of halogens is 1. The Morgan fingerprint density at radius 3 is 2.71 bits per heavy atom. The van der Waals surface area contributed by atoms with Crippen LogP contribution in [0.3, 0.4) is 0 Å². The number of aromatic nitrogens is 7. The molecule has 31 heavy (non-hydrogen) atoms. The average molecular weight is 459 g/mol. The molecular weight excluding hydrogens is 443 g/mol. The van der Waals surface area contributed by atoms with Crippen LogP contribution in [-0.2, 0) is 19.4 Å². The van der Waals surface area contributed by atoms with E-state index in [1.165, 1.54) is 56.6 Å². The standard InChI is InChI=1S/C18H15FN8O2S2/c1-25-16(28)15-12(6-7-30-15)26-14(22-23-17(25)26)9-31-18-24-21-13(27(18)20)8-29-11-4-2-10(19)3-5-11/h2-7H,8-9,20H2,1H3. The van der Waals surface area contributed by atoms with Crippen molar-refractivity contribution in [1.29, 1.82) is 0 Å². The van der Waals surface area contributed by atoms with Gasteiger partial charge in [0.25, 0.3) is 5.56 Å². The Labute approximate surface area is 182 Å². The molecule has 0 spiro atoms. The van der Waals surface area contributed by atoms with Crippen molar-refractivity contribution in [3.05, 3.63) is 63.5 Å². The monoisotopic (exact) mass is 458 g/mol. The molecular formula is C18H15FN8O2S2. The zero-order chi connectivity index (χ0) is 21.5. The van der Waals surface area contributed by atoms with Crippen LogP contribution >= 0.6 is 23.1 Å². The number of nitrogen functional groups attached to an aromatic ring is 1. The van der Waals surface area contributed by atoms with Gasteiger partial charge < -0.3 is 10.6 Å². The Morgan fingerprint density at radius 2 is 1.90 bits per heavy atom. The number of thiophene rings is 1. The van der Waals surface area contributed by atoms with Crippen LogP contribution in [0.15, 0.2) is 45.7 Å². The molecule has 13 heteroatoms. The summed E-state index contributed by atoms with van der Waals surface area (Å²) in [5.41, 5.74) is 0.669. The Kier molecular flexibility index (Phi) is 4.82. The van der Waals surface area contributed by atoms with Crippen LogP contribution in [0.1, 0.15) is 11.6 Å². The maximum Gasteiger partial charge on any atom is 0.272 e. The molecule has 2 N–H and O–H groups in total. The highest BCUT2D eigenvalue weighted by Gasteiger charge is 2.17. The molecule has 4 aromatic heterocycles. The van der Waals surface area contributed by atoms with E-state index >= 15 is 0 Å². The van der Waals surface area contributed by atoms with Gasteiger partial charge in [-0.15, -0.1) is 31.7 Å². The molecule has 5 aromatic rings. The SMILES string of the molecule is Cn1c(=O)c2sccc2n2c(CSc3nnc(COc4ccc(F)cc4)n3N)nnc12. The molecule has 0 unspecified atom stereocenters. The molecule has 0 aliphatic heterocycles. The minimum absolute atomic E-state index is 0.0845. The summed E-state index contributed by atoms with van der Waals surface area (Å²) in [7, 11) is 1.67. The Bertz CT molecular complexity index is 1450. The Morgan fingerprint density at radius 1 is 1.13 bits per heavy atom. The summed E-state index contributed by atoms with van der Waals surface area (Å²) < 4.78 is 23.9. The van der Waals surface area contributed by atoms with Gasteiger partial charge in [-0.05, 0) is 35.7 Å². The van der Waals surface area contributed by atoms with E-state index in [1.807, 2.05) is 15.8 Å². The fourth-order valence-corrected chi connectivity index (χ4v) is 4.70. The third-order valence-corrected chi connectivity index (χ3v) is 6.48. The van der Waals surface area contributed by atoms with E-state index in [-0.39, 0.29) is 18.0 Å². The van der Waals surface area contributed by atoms with E-state index < -0.39 is 0 Å². The number of thioether (sulfide) groups is 1. The lowest BCUT2D eigenvalue weighted by molar-refractivity contribution is 0.291. The van der Waals surface area contributed by atoms with Crippen molar-refractivity contribution in [1.82, 2.24) is 34.0 Å². The summed E-state index contributed by atoms with van der Waals surface area (Å²) >= 11 is 2.72. The van der Waals surface area contributed by atoms with Gasteiger partial charge in [0.1, 0.15) is 28.7 Å². The average Bonchev–Trinajstić information content (AvgIpc) is 3.49. The molecule has 5 rings (SSSR count). The van der Waals surface area contributed by atoms with E-state index in [2.05, 4.69) is 20.4 Å². The van der Waals surface area contributed by atoms with Crippen LogP contribution < -0.4 is 16.1 Å². The molecule has 0 fully saturated rings. The van der Waals surface area contributed by atoms with Crippen molar-refractivity contribution in [3.63, 3.8) is 0 Å². The van der Waals surface area contributed by atoms with Gasteiger partial charge in [-0.3, -0.25) is 13.8 Å². The molecule has 0 aliphatic carbocycles. The maximum absolute atomic E-state index is 13.0. The van der Waals surface area contributed by atoms with Gasteiger partial charge >= 0.3 is 0 Å². The van der Waals surface area contributed by atoms with Crippen LogP contribution in [0.25, 0.3) is 16.0 Å². The van der Waals surface area contributed by atoms with Crippen LogP contribution in [0, 0.1) is 5.82 Å². The van der Waals surface area contributed by atoms with Gasteiger partial charge in [0.2, 0.25) is 10.9 Å². The lowest BCUT2D eigenvalue weighted by Gasteiger charge is -2.06. The molecule has 0 aliphatic rings. The fraction of sp³-hybridized carbons (Fsp3) is 0.167. The van der Waals surface area contributed by atoms with Crippen LogP contribution in [-0.4, -0.2) is 34.0 Å². The van der Waals surface area contributed by atoms with Crippen molar-refractivity contribution in [2.24, 2.45) is 7.05 Å². The van der Waals surface area contributed by atoms with E-state index in [1.54, 1.807) is 7.05 Å². The van der Waals surface area contributed by atoms with Gasteiger partial charge in [0, 0.05) is 7.05 Å². The summed E-state index contributed by atoms with van der Waals surface area (Å²) in [4.78, 5) is 12.4. The van der Waals surface area contributed by atoms with Crippen LogP contribution in [0.5, 0.6) is 5.75 Å². The fourth-order valence-electron chi connectivity index (χ4n) is 3.06. The van der Waals surface area contributed by atoms with Gasteiger partial charge in [0.15, 0.2) is 5.82 Å². The molecule has 0 saturated heterocycles. The van der Waals surface area contributed by atoms with Gasteiger partial charge in [-0.2, -0.15) is 0 Å². The first-order valence-corrected chi connectivity index (χ1v) is 10.9. The normalized spacial score (nSPS) is 11.5. The smallest absolute Gasteiger partial charge is 0.272 e. The molecule has 0 bridgehead atoms. The predicted octanol–water partition coefficient (Wildman–Crippen LogP) is 1.96. The lowest BCUT2D eigenvalue weighted by atomic mass is 10.3. The third-order valence-electron chi connectivity index (χ3n) is 4.64. The topological polar surface area (TPSA) is 118 Å². The summed E-state index contributed by atoms with van der Waals surface area (Å²) in [6, 6.07) is 7.55. The zero-order valence-electron chi connectivity index (χ0n) is 16.1. The second-order valence-electron chi connectivity index (χ2n) is 6.55. The van der Waals surface area contributed by atoms with Crippen LogP contribution in [0.2, 0.25) is 0 Å². The number of benzene rings is 1. The van der Waals surface area contributed by atoms with Crippen molar-refractivity contribution in [3.8, 4) is 5.75 Å². The summed E-state index contributed by atoms with van der Waals surface area (Å²) in [6.45, 7) is 0.0845. The number of ether oxygens (including phenoxy) is 1. The number of nitrogens with zero attached hydrogens (tertiary/aromatic N) is 7. The number of nitrogens with two attached hydrogens (primary N) is 1. The van der Waals surface area contributed by atoms with Crippen molar-refractivity contribution >= 4 is 39.1 Å². The van der Waals surface area contributed by atoms with E-state index in [0.29, 0.717) is 38.8 Å². The van der Waals surface area contributed by atoms with Gasteiger partial charge in [-0.1, -0.05) is 11.8 Å². The van der Waals surface area contributed by atoms with E-state index in [4.69, 9.17) is 10.6 Å². The molecule has 1 aromatic carbocycles. The zero-order valence-corrected chi connectivity index (χ0v) is 17.7. The molecule has 0 atom stereocenters. The highest BCUT2D eigenvalue weighted by atomic mass is 32.2. The molecule has 4 heterocycles. The second-order valence-corrected chi connectivity index (χ2v) is 8.41. The molecule has 158 valence electrons. The molecule has 0 radical (unpaired) electrons.